The first-order valence-corrected chi connectivity index (χ1v) is 12.3. The number of benzene rings is 2. The predicted molar refractivity (Wildman–Crippen MR) is 132 cm³/mol. The van der Waals surface area contributed by atoms with Crippen LogP contribution in [0.15, 0.2) is 40.8 Å². The van der Waals surface area contributed by atoms with Gasteiger partial charge in [0.15, 0.2) is 23.9 Å². The SMILES string of the molecule is C[C@@H]1O[C@@H](O[C@H]2[C@H](Oc3cc4c(O)cc(O)cc4[o+]c3-c3ccc(O)c(O)c3)OC[C@H](O)[C@@H]2O)[C@H](O)[C@H](O)[C@H]1O. The lowest BCUT2D eigenvalue weighted by Gasteiger charge is -2.43. The van der Waals surface area contributed by atoms with Gasteiger partial charge in [-0.05, 0) is 19.1 Å². The molecule has 3 heterocycles. The van der Waals surface area contributed by atoms with Gasteiger partial charge in [0.2, 0.25) is 12.0 Å². The third-order valence-electron chi connectivity index (χ3n) is 6.83. The predicted octanol–water partition coefficient (Wildman–Crippen LogP) is -0.127. The van der Waals surface area contributed by atoms with Crippen LogP contribution in [0.25, 0.3) is 22.3 Å². The van der Waals surface area contributed by atoms with Gasteiger partial charge in [0.05, 0.1) is 24.3 Å². The van der Waals surface area contributed by atoms with E-state index in [1.807, 2.05) is 0 Å². The number of aliphatic hydroxyl groups is 5. The second-order valence-electron chi connectivity index (χ2n) is 9.68. The third-order valence-corrected chi connectivity index (χ3v) is 6.83. The molecule has 0 saturated carbocycles. The fourth-order valence-electron chi connectivity index (χ4n) is 4.56. The highest BCUT2D eigenvalue weighted by atomic mass is 16.8. The van der Waals surface area contributed by atoms with E-state index < -0.39 is 73.4 Å². The zero-order valence-electron chi connectivity index (χ0n) is 20.9. The van der Waals surface area contributed by atoms with Crippen LogP contribution in [0.5, 0.6) is 28.7 Å². The summed E-state index contributed by atoms with van der Waals surface area (Å²) in [7, 11) is 0. The molecule has 2 saturated heterocycles. The molecule has 0 bridgehead atoms. The van der Waals surface area contributed by atoms with Crippen molar-refractivity contribution in [3.05, 3.63) is 36.4 Å². The second kappa shape index (κ2) is 10.8. The Hall–Kier alpha value is -3.47. The molecule has 0 spiro atoms. The summed E-state index contributed by atoms with van der Waals surface area (Å²) in [5, 5.41) is 91.8. The van der Waals surface area contributed by atoms with Crippen molar-refractivity contribution in [1.82, 2.24) is 0 Å². The molecule has 0 amide bonds. The Labute approximate surface area is 226 Å². The minimum absolute atomic E-state index is 0.0282. The molecule has 14 nitrogen and oxygen atoms in total. The highest BCUT2D eigenvalue weighted by molar-refractivity contribution is 5.88. The number of hydrogen-bond donors (Lipinski definition) is 9. The van der Waals surface area contributed by atoms with E-state index in [1.165, 1.54) is 37.3 Å². The number of aliphatic hydroxyl groups excluding tert-OH is 5. The van der Waals surface area contributed by atoms with Gasteiger partial charge in [-0.1, -0.05) is 0 Å². The molecular weight excluding hydrogens is 536 g/mol. The first kappa shape index (κ1) is 28.1. The van der Waals surface area contributed by atoms with Crippen LogP contribution in [0.2, 0.25) is 0 Å². The molecule has 0 radical (unpaired) electrons. The van der Waals surface area contributed by atoms with Gasteiger partial charge in [-0.3, -0.25) is 0 Å². The van der Waals surface area contributed by atoms with Crippen LogP contribution in [-0.4, -0.2) is 108 Å². The summed E-state index contributed by atoms with van der Waals surface area (Å²) in [5.74, 6) is -1.72. The molecule has 2 aliphatic rings. The quantitative estimate of drug-likeness (QED) is 0.145. The minimum Gasteiger partial charge on any atom is -0.507 e. The average molecular weight is 566 g/mol. The van der Waals surface area contributed by atoms with Gasteiger partial charge in [0.25, 0.3) is 0 Å². The van der Waals surface area contributed by atoms with Crippen molar-refractivity contribution in [2.45, 2.75) is 62.2 Å². The summed E-state index contributed by atoms with van der Waals surface area (Å²) in [4.78, 5) is 0. The molecule has 216 valence electrons. The van der Waals surface area contributed by atoms with Gasteiger partial charge in [0, 0.05) is 18.2 Å². The molecule has 2 aliphatic heterocycles. The van der Waals surface area contributed by atoms with E-state index in [-0.39, 0.29) is 39.5 Å². The molecule has 5 rings (SSSR count). The smallest absolute Gasteiger partial charge is 0.402 e. The van der Waals surface area contributed by atoms with E-state index >= 15 is 0 Å². The molecule has 0 aliphatic carbocycles. The van der Waals surface area contributed by atoms with Crippen LogP contribution >= 0.6 is 0 Å². The van der Waals surface area contributed by atoms with E-state index in [4.69, 9.17) is 23.4 Å². The molecule has 3 aromatic rings. The highest BCUT2D eigenvalue weighted by Gasteiger charge is 2.49. The average Bonchev–Trinajstić information content (AvgIpc) is 2.91. The van der Waals surface area contributed by atoms with Crippen molar-refractivity contribution in [3.63, 3.8) is 0 Å². The number of aromatic hydroxyl groups is 4. The van der Waals surface area contributed by atoms with E-state index in [9.17, 15) is 46.0 Å². The van der Waals surface area contributed by atoms with Gasteiger partial charge in [-0.15, -0.1) is 0 Å². The van der Waals surface area contributed by atoms with Crippen molar-refractivity contribution in [3.8, 4) is 40.1 Å². The first-order chi connectivity index (χ1) is 18.9. The zero-order valence-corrected chi connectivity index (χ0v) is 20.9. The summed E-state index contributed by atoms with van der Waals surface area (Å²) < 4.78 is 28.7. The molecule has 9 N–H and O–H groups in total. The monoisotopic (exact) mass is 565 g/mol. The first-order valence-electron chi connectivity index (χ1n) is 12.3. The molecule has 40 heavy (non-hydrogen) atoms. The standard InChI is InChI=1S/C26H28O14/c1-9-19(32)21(34)22(35)25(37-9)40-24-20(33)16(31)8-36-26(24)39-18-7-12-14(29)5-11(27)6-17(12)38-23(18)10-2-3-13(28)15(30)4-10/h2-7,9,16,19-22,24-26,31-35H,8H2,1H3,(H3-,27,28,29,30)/p+1/t9-,16-,19-,20-,21+,22+,24+,25-,26-/m0/s1. The van der Waals surface area contributed by atoms with Crippen LogP contribution in [0.3, 0.4) is 0 Å². The van der Waals surface area contributed by atoms with E-state index in [2.05, 4.69) is 0 Å². The Balaban J connectivity index is 1.54. The number of ether oxygens (including phenoxy) is 4. The Kier molecular flexibility index (Phi) is 7.60. The van der Waals surface area contributed by atoms with E-state index in [0.717, 1.165) is 6.07 Å². The van der Waals surface area contributed by atoms with Crippen LogP contribution in [0.1, 0.15) is 6.92 Å². The summed E-state index contributed by atoms with van der Waals surface area (Å²) in [6.07, 6.45) is -13.4. The van der Waals surface area contributed by atoms with Gasteiger partial charge >= 0.3 is 11.3 Å². The van der Waals surface area contributed by atoms with Crippen LogP contribution in [0.4, 0.5) is 0 Å². The molecule has 1 aromatic heterocycles. The molecule has 2 fully saturated rings. The lowest BCUT2D eigenvalue weighted by Crippen LogP contribution is -2.62. The Morgan fingerprint density at radius 1 is 0.800 bits per heavy atom. The molecular formula is C26H29O14+. The lowest BCUT2D eigenvalue weighted by atomic mass is 9.99. The maximum absolute atomic E-state index is 10.8. The van der Waals surface area contributed by atoms with Gasteiger partial charge < -0.3 is 64.9 Å². The number of phenols is 4. The summed E-state index contributed by atoms with van der Waals surface area (Å²) >= 11 is 0. The Morgan fingerprint density at radius 3 is 2.27 bits per heavy atom. The second-order valence-corrected chi connectivity index (χ2v) is 9.68. The zero-order chi connectivity index (χ0) is 28.9. The maximum atomic E-state index is 10.8. The molecule has 14 heteroatoms. The third kappa shape index (κ3) is 5.18. The molecule has 0 unspecified atom stereocenters. The van der Waals surface area contributed by atoms with Crippen molar-refractivity contribution in [2.24, 2.45) is 0 Å². The number of hydrogen-bond acceptors (Lipinski definition) is 13. The number of rotatable bonds is 5. The van der Waals surface area contributed by atoms with Crippen LogP contribution in [-0.2, 0) is 14.2 Å². The van der Waals surface area contributed by atoms with Gasteiger partial charge in [-0.25, -0.2) is 4.42 Å². The Morgan fingerprint density at radius 2 is 1.55 bits per heavy atom. The fourth-order valence-corrected chi connectivity index (χ4v) is 4.56. The minimum atomic E-state index is -1.73. The Bertz CT molecular complexity index is 1380. The normalized spacial score (nSPS) is 32.7. The van der Waals surface area contributed by atoms with Crippen LogP contribution in [0, 0.1) is 0 Å². The van der Waals surface area contributed by atoms with Crippen LogP contribution < -0.4 is 4.74 Å². The summed E-state index contributed by atoms with van der Waals surface area (Å²) in [6, 6.07) is 7.39. The van der Waals surface area contributed by atoms with Crippen molar-refractivity contribution in [1.29, 1.82) is 0 Å². The topological polar surface area (TPSA) is 230 Å². The fraction of sp³-hybridized carbons (Fsp3) is 0.423. The maximum Gasteiger partial charge on any atom is 0.402 e. The van der Waals surface area contributed by atoms with Crippen molar-refractivity contribution >= 4 is 11.0 Å². The van der Waals surface area contributed by atoms with Gasteiger partial charge in [0.1, 0.15) is 47.4 Å². The van der Waals surface area contributed by atoms with Crippen molar-refractivity contribution < 1.29 is 69.3 Å². The number of fused-ring (bicyclic) bond motifs is 1. The highest BCUT2D eigenvalue weighted by Crippen LogP contribution is 2.42. The number of phenolic OH excluding ortho intramolecular Hbond substituents is 4. The molecule has 9 atom stereocenters. The van der Waals surface area contributed by atoms with E-state index in [0.29, 0.717) is 0 Å². The van der Waals surface area contributed by atoms with Crippen molar-refractivity contribution in [2.75, 3.05) is 6.61 Å². The molecule has 2 aromatic carbocycles. The lowest BCUT2D eigenvalue weighted by molar-refractivity contribution is -0.344. The van der Waals surface area contributed by atoms with E-state index in [1.54, 1.807) is 0 Å². The van der Waals surface area contributed by atoms with Gasteiger partial charge in [-0.2, -0.15) is 0 Å². The summed E-state index contributed by atoms with van der Waals surface area (Å²) in [6.45, 7) is 1.05. The largest absolute Gasteiger partial charge is 0.507 e. The summed E-state index contributed by atoms with van der Waals surface area (Å²) in [5.41, 5.74) is 0.223.